The van der Waals surface area contributed by atoms with Crippen LogP contribution in [0.5, 0.6) is 0 Å². The minimum atomic E-state index is -0.742. The van der Waals surface area contributed by atoms with Gasteiger partial charge in [-0.1, -0.05) is 25.3 Å². The van der Waals surface area contributed by atoms with Crippen molar-refractivity contribution in [1.29, 1.82) is 0 Å². The lowest BCUT2D eigenvalue weighted by Gasteiger charge is -2.31. The number of ether oxygens (including phenoxy) is 1. The van der Waals surface area contributed by atoms with Gasteiger partial charge in [-0.05, 0) is 30.5 Å². The molecular weight excluding hydrogens is 271 g/mol. The highest BCUT2D eigenvalue weighted by atomic mass is 19.1. The molecule has 4 nitrogen and oxygen atoms in total. The summed E-state index contributed by atoms with van der Waals surface area (Å²) in [5.41, 5.74) is 6.77. The summed E-state index contributed by atoms with van der Waals surface area (Å²) in [7, 11) is 1.52. The molecule has 3 N–H and O–H groups in total. The minimum absolute atomic E-state index is 0.111. The molecule has 0 atom stereocenters. The highest BCUT2D eigenvalue weighted by Gasteiger charge is 2.34. The molecule has 0 unspecified atom stereocenters. The molecule has 1 amide bonds. The smallest absolute Gasteiger partial charge is 0.240 e. The Morgan fingerprint density at radius 3 is 2.76 bits per heavy atom. The lowest BCUT2D eigenvalue weighted by molar-refractivity contribution is -0.127. The fourth-order valence-corrected chi connectivity index (χ4v) is 2.77. The summed E-state index contributed by atoms with van der Waals surface area (Å²) in [4.78, 5) is 12.2. The van der Waals surface area contributed by atoms with Crippen molar-refractivity contribution < 1.29 is 13.9 Å². The van der Waals surface area contributed by atoms with E-state index in [0.29, 0.717) is 12.1 Å². The number of nitrogens with two attached hydrogens (primary N) is 1. The monoisotopic (exact) mass is 294 g/mol. The molecule has 2 rings (SSSR count). The van der Waals surface area contributed by atoms with Crippen LogP contribution >= 0.6 is 0 Å². The first kappa shape index (κ1) is 15.9. The van der Waals surface area contributed by atoms with E-state index in [4.69, 9.17) is 10.5 Å². The average molecular weight is 294 g/mol. The van der Waals surface area contributed by atoms with E-state index in [-0.39, 0.29) is 18.3 Å². The van der Waals surface area contributed by atoms with Crippen LogP contribution in [0, 0.1) is 5.82 Å². The number of hydrogen-bond acceptors (Lipinski definition) is 3. The molecule has 1 aliphatic carbocycles. The van der Waals surface area contributed by atoms with Gasteiger partial charge in [0, 0.05) is 19.2 Å². The molecule has 0 saturated heterocycles. The number of carbonyl (C=O) groups is 1. The second kappa shape index (κ2) is 7.00. The summed E-state index contributed by atoms with van der Waals surface area (Å²) in [5, 5.41) is 2.87. The number of halogens is 1. The molecule has 1 aliphatic rings. The largest absolute Gasteiger partial charge is 0.380 e. The number of nitrogens with one attached hydrogen (secondary N) is 1. The first-order valence-corrected chi connectivity index (χ1v) is 7.38. The summed E-state index contributed by atoms with van der Waals surface area (Å²) in [6, 6.07) is 4.77. The van der Waals surface area contributed by atoms with E-state index in [1.54, 1.807) is 12.1 Å². The molecule has 1 saturated carbocycles. The molecular formula is C16H23FN2O2. The second-order valence-corrected chi connectivity index (χ2v) is 5.76. The second-order valence-electron chi connectivity index (χ2n) is 5.76. The van der Waals surface area contributed by atoms with Gasteiger partial charge in [-0.3, -0.25) is 4.79 Å². The van der Waals surface area contributed by atoms with Crippen molar-refractivity contribution in [3.63, 3.8) is 0 Å². The maximum atomic E-state index is 13.5. The zero-order chi connectivity index (χ0) is 15.3. The van der Waals surface area contributed by atoms with E-state index in [1.807, 2.05) is 0 Å². The summed E-state index contributed by atoms with van der Waals surface area (Å²) < 4.78 is 18.5. The van der Waals surface area contributed by atoms with Gasteiger partial charge in [0.1, 0.15) is 5.82 Å². The molecule has 0 aliphatic heterocycles. The molecule has 1 fully saturated rings. The zero-order valence-corrected chi connectivity index (χ0v) is 12.5. The quantitative estimate of drug-likeness (QED) is 0.875. The number of benzene rings is 1. The van der Waals surface area contributed by atoms with E-state index in [0.717, 1.165) is 37.7 Å². The molecule has 21 heavy (non-hydrogen) atoms. The van der Waals surface area contributed by atoms with Gasteiger partial charge in [0.05, 0.1) is 12.1 Å². The predicted octanol–water partition coefficient (Wildman–Crippen LogP) is 2.25. The Morgan fingerprint density at radius 2 is 2.10 bits per heavy atom. The van der Waals surface area contributed by atoms with Crippen LogP contribution in [0.1, 0.15) is 43.2 Å². The van der Waals surface area contributed by atoms with Gasteiger partial charge in [-0.25, -0.2) is 4.39 Å². The highest BCUT2D eigenvalue weighted by Crippen LogP contribution is 2.26. The Labute approximate surface area is 124 Å². The van der Waals surface area contributed by atoms with Crippen molar-refractivity contribution >= 4 is 5.91 Å². The summed E-state index contributed by atoms with van der Waals surface area (Å²) in [6.45, 7) is 0.573. The summed E-state index contributed by atoms with van der Waals surface area (Å²) >= 11 is 0. The van der Waals surface area contributed by atoms with Gasteiger partial charge in [0.2, 0.25) is 5.91 Å². The zero-order valence-electron chi connectivity index (χ0n) is 12.5. The van der Waals surface area contributed by atoms with Crippen LogP contribution in [-0.2, 0) is 22.7 Å². The average Bonchev–Trinajstić information content (AvgIpc) is 2.48. The number of amides is 1. The number of methoxy groups -OCH3 is 1. The van der Waals surface area contributed by atoms with Crippen molar-refractivity contribution in [2.45, 2.75) is 50.8 Å². The van der Waals surface area contributed by atoms with Crippen molar-refractivity contribution in [2.75, 3.05) is 7.11 Å². The maximum Gasteiger partial charge on any atom is 0.240 e. The van der Waals surface area contributed by atoms with Crippen molar-refractivity contribution in [3.05, 3.63) is 35.1 Å². The summed E-state index contributed by atoms with van der Waals surface area (Å²) in [6.07, 6.45) is 4.61. The Bertz CT molecular complexity index is 499. The van der Waals surface area contributed by atoms with Gasteiger partial charge >= 0.3 is 0 Å². The van der Waals surface area contributed by atoms with E-state index >= 15 is 0 Å². The number of rotatable bonds is 5. The fourth-order valence-electron chi connectivity index (χ4n) is 2.77. The van der Waals surface area contributed by atoms with Gasteiger partial charge in [-0.2, -0.15) is 0 Å². The fraction of sp³-hybridized carbons (Fsp3) is 0.562. The molecule has 0 bridgehead atoms. The van der Waals surface area contributed by atoms with Crippen LogP contribution in [0.4, 0.5) is 4.39 Å². The lowest BCUT2D eigenvalue weighted by Crippen LogP contribution is -2.54. The summed E-state index contributed by atoms with van der Waals surface area (Å²) in [5.74, 6) is -0.408. The Kier molecular flexibility index (Phi) is 5.31. The SMILES string of the molecule is COCc1cc(CNC(=O)C2(N)CCCCC2)ccc1F. The first-order valence-electron chi connectivity index (χ1n) is 7.38. The van der Waals surface area contributed by atoms with Gasteiger partial charge in [0.25, 0.3) is 0 Å². The van der Waals surface area contributed by atoms with E-state index in [2.05, 4.69) is 5.32 Å². The van der Waals surface area contributed by atoms with Gasteiger partial charge < -0.3 is 15.8 Å². The van der Waals surface area contributed by atoms with E-state index < -0.39 is 5.54 Å². The van der Waals surface area contributed by atoms with Crippen molar-refractivity contribution in [2.24, 2.45) is 5.73 Å². The minimum Gasteiger partial charge on any atom is -0.380 e. The number of carbonyl (C=O) groups excluding carboxylic acids is 1. The van der Waals surface area contributed by atoms with Crippen molar-refractivity contribution in [1.82, 2.24) is 5.32 Å². The third kappa shape index (κ3) is 4.02. The molecule has 116 valence electrons. The molecule has 1 aromatic carbocycles. The van der Waals surface area contributed by atoms with Crippen LogP contribution in [0.2, 0.25) is 0 Å². The molecule has 1 aromatic rings. The van der Waals surface area contributed by atoms with Crippen LogP contribution in [0.25, 0.3) is 0 Å². The third-order valence-corrected chi connectivity index (χ3v) is 4.06. The normalized spacial score (nSPS) is 17.5. The van der Waals surface area contributed by atoms with Crippen LogP contribution in [0.3, 0.4) is 0 Å². The molecule has 5 heteroatoms. The Balaban J connectivity index is 1.96. The third-order valence-electron chi connectivity index (χ3n) is 4.06. The predicted molar refractivity (Wildman–Crippen MR) is 79.0 cm³/mol. The topological polar surface area (TPSA) is 64.3 Å². The van der Waals surface area contributed by atoms with Crippen LogP contribution in [0.15, 0.2) is 18.2 Å². The van der Waals surface area contributed by atoms with Crippen LogP contribution < -0.4 is 11.1 Å². The number of hydrogen-bond donors (Lipinski definition) is 2. The standard InChI is InChI=1S/C16H23FN2O2/c1-21-11-13-9-12(5-6-14(13)17)10-19-15(20)16(18)7-3-2-4-8-16/h5-6,9H,2-4,7-8,10-11,18H2,1H3,(H,19,20). The molecule has 0 heterocycles. The molecule has 0 spiro atoms. The lowest BCUT2D eigenvalue weighted by atomic mass is 9.82. The van der Waals surface area contributed by atoms with Gasteiger partial charge in [0.15, 0.2) is 0 Å². The Morgan fingerprint density at radius 1 is 1.38 bits per heavy atom. The van der Waals surface area contributed by atoms with E-state index in [9.17, 15) is 9.18 Å². The molecule has 0 aromatic heterocycles. The van der Waals surface area contributed by atoms with Crippen molar-refractivity contribution in [3.8, 4) is 0 Å². The van der Waals surface area contributed by atoms with Crippen LogP contribution in [-0.4, -0.2) is 18.6 Å². The van der Waals surface area contributed by atoms with Gasteiger partial charge in [-0.15, -0.1) is 0 Å². The van der Waals surface area contributed by atoms with E-state index in [1.165, 1.54) is 13.2 Å². The Hall–Kier alpha value is -1.46. The molecule has 0 radical (unpaired) electrons. The maximum absolute atomic E-state index is 13.5. The highest BCUT2D eigenvalue weighted by molar-refractivity contribution is 5.86. The first-order chi connectivity index (χ1) is 10.0.